The lowest BCUT2D eigenvalue weighted by molar-refractivity contribution is 1.18. The molecule has 3 nitrogen and oxygen atoms in total. The quantitative estimate of drug-likeness (QED) is 0.164. The van der Waals surface area contributed by atoms with E-state index in [0.717, 1.165) is 5.69 Å². The maximum Gasteiger partial charge on any atom is 0.333 e. The number of fused-ring (bicyclic) bond motifs is 14. The zero-order chi connectivity index (χ0) is 32.3. The van der Waals surface area contributed by atoms with Gasteiger partial charge in [0.15, 0.2) is 0 Å². The van der Waals surface area contributed by atoms with Gasteiger partial charge >= 0.3 is 6.85 Å². The Kier molecular flexibility index (Phi) is 4.77. The Balaban J connectivity index is 1.30. The van der Waals surface area contributed by atoms with Gasteiger partial charge in [0.25, 0.3) is 0 Å². The van der Waals surface area contributed by atoms with Crippen molar-refractivity contribution in [3.8, 4) is 28.1 Å². The number of aryl methyl sites for hydroxylation is 3. The van der Waals surface area contributed by atoms with Crippen LogP contribution in [0.3, 0.4) is 0 Å². The zero-order valence-electron chi connectivity index (χ0n) is 27.3. The molecule has 6 aromatic carbocycles. The summed E-state index contributed by atoms with van der Waals surface area (Å²) in [4.78, 5) is 5.29. The van der Waals surface area contributed by atoms with Crippen LogP contribution in [-0.2, 0) is 0 Å². The Bertz CT molecular complexity index is 3130. The lowest BCUT2D eigenvalue weighted by Gasteiger charge is -2.34. The molecule has 49 heavy (non-hydrogen) atoms. The van der Waals surface area contributed by atoms with Gasteiger partial charge in [0.1, 0.15) is 0 Å². The molecule has 10 aromatic rings. The van der Waals surface area contributed by atoms with Crippen molar-refractivity contribution in [2.75, 3.05) is 0 Å². The maximum absolute atomic E-state index is 5.29. The number of hydrogen-bond acceptors (Lipinski definition) is 2. The number of benzene rings is 6. The first-order valence-corrected chi connectivity index (χ1v) is 17.9. The molecule has 0 aliphatic carbocycles. The van der Waals surface area contributed by atoms with E-state index < -0.39 is 0 Å². The van der Waals surface area contributed by atoms with E-state index in [1.807, 2.05) is 17.5 Å². The van der Waals surface area contributed by atoms with Gasteiger partial charge in [-0.1, -0.05) is 78.4 Å². The lowest BCUT2D eigenvalue weighted by atomic mass is 9.45. The van der Waals surface area contributed by atoms with Crippen molar-refractivity contribution in [3.05, 3.63) is 132 Å². The molecule has 0 unspecified atom stereocenters. The second kappa shape index (κ2) is 8.87. The molecule has 0 saturated heterocycles. The first kappa shape index (κ1) is 26.3. The van der Waals surface area contributed by atoms with Gasteiger partial charge in [0, 0.05) is 64.7 Å². The average molecular weight is 642 g/mol. The molecular weight excluding hydrogens is 613 g/mol. The number of hydrogen-bond donors (Lipinski definition) is 0. The minimum atomic E-state index is 0.0129. The van der Waals surface area contributed by atoms with Crippen LogP contribution >= 0.6 is 11.3 Å². The third kappa shape index (κ3) is 3.09. The predicted molar refractivity (Wildman–Crippen MR) is 210 cm³/mol. The molecule has 2 aliphatic heterocycles. The van der Waals surface area contributed by atoms with Gasteiger partial charge in [0.2, 0.25) is 0 Å². The lowest BCUT2D eigenvalue weighted by Crippen LogP contribution is -2.55. The number of para-hydroxylation sites is 2. The van der Waals surface area contributed by atoms with Crippen molar-refractivity contribution in [1.29, 1.82) is 0 Å². The minimum absolute atomic E-state index is 0.0129. The van der Waals surface area contributed by atoms with Crippen LogP contribution in [0.4, 0.5) is 0 Å². The van der Waals surface area contributed by atoms with Crippen molar-refractivity contribution >= 4 is 92.9 Å². The fourth-order valence-corrected chi connectivity index (χ4v) is 10.9. The summed E-state index contributed by atoms with van der Waals surface area (Å²) in [6.07, 6.45) is 2.04. The first-order chi connectivity index (χ1) is 24.1. The van der Waals surface area contributed by atoms with Gasteiger partial charge in [-0.05, 0) is 90.3 Å². The zero-order valence-corrected chi connectivity index (χ0v) is 28.1. The second-order valence-electron chi connectivity index (χ2n) is 14.1. The van der Waals surface area contributed by atoms with Gasteiger partial charge in [-0.25, -0.2) is 0 Å². The number of rotatable bonds is 1. The van der Waals surface area contributed by atoms with Crippen LogP contribution in [0, 0.1) is 20.8 Å². The Morgan fingerprint density at radius 3 is 2.27 bits per heavy atom. The number of pyridine rings is 1. The normalized spacial score (nSPS) is 13.2. The molecule has 0 saturated carbocycles. The van der Waals surface area contributed by atoms with Crippen LogP contribution in [0.15, 0.2) is 115 Å². The van der Waals surface area contributed by atoms with Gasteiger partial charge in [-0.15, -0.1) is 11.3 Å². The summed E-state index contributed by atoms with van der Waals surface area (Å²) in [5, 5.41) is 7.82. The molecule has 0 spiro atoms. The van der Waals surface area contributed by atoms with E-state index in [1.54, 1.807) is 0 Å². The van der Waals surface area contributed by atoms with E-state index in [9.17, 15) is 0 Å². The summed E-state index contributed by atoms with van der Waals surface area (Å²) in [6.45, 7) is 6.69. The summed E-state index contributed by atoms with van der Waals surface area (Å²) in [5.41, 5.74) is 18.0. The van der Waals surface area contributed by atoms with E-state index in [4.69, 9.17) is 4.98 Å². The number of aromatic nitrogens is 3. The van der Waals surface area contributed by atoms with E-state index >= 15 is 0 Å². The van der Waals surface area contributed by atoms with E-state index in [2.05, 4.69) is 139 Å². The third-order valence-corrected chi connectivity index (χ3v) is 12.5. The van der Waals surface area contributed by atoms with Crippen LogP contribution in [0.2, 0.25) is 0 Å². The second-order valence-corrected chi connectivity index (χ2v) is 15.2. The highest BCUT2D eigenvalue weighted by atomic mass is 32.1. The van der Waals surface area contributed by atoms with Gasteiger partial charge in [-0.3, -0.25) is 4.98 Å². The SMILES string of the molecule is Cc1cc(C)c(-c2ccc3c(c2)c2ccnc4c2n3B2c3c(cc5sc6ccccc6c5c3-4)-n3c4ccccc4c4cccc2c43)c(C)c1. The van der Waals surface area contributed by atoms with Crippen molar-refractivity contribution in [3.63, 3.8) is 0 Å². The first-order valence-electron chi connectivity index (χ1n) is 17.1. The fraction of sp³-hybridized carbons (Fsp3) is 0.0682. The molecule has 0 fully saturated rings. The number of nitrogens with zero attached hydrogens (tertiary/aromatic N) is 3. The molecule has 4 aromatic heterocycles. The summed E-state index contributed by atoms with van der Waals surface area (Å²) in [6, 6.07) is 41.3. The standard InChI is InChI=1S/C44H28BN3S/c1-23-19-24(2)38(25(3)20-23)26-15-16-34-31(21-26)29-17-18-46-42-40-39-30-10-5-7-14-36(30)49-37(39)22-35-41(40)45(48(34)44(29)42)32-12-8-11-28-27-9-4-6-13-33(27)47(35)43(28)32/h4-22H,1-3H3. The Morgan fingerprint density at radius 2 is 1.39 bits per heavy atom. The van der Waals surface area contributed by atoms with E-state index in [-0.39, 0.29) is 6.85 Å². The van der Waals surface area contributed by atoms with Crippen LogP contribution in [0.1, 0.15) is 16.7 Å². The highest BCUT2D eigenvalue weighted by Gasteiger charge is 2.43. The number of thiophene rings is 1. The average Bonchev–Trinajstić information content (AvgIpc) is 3.76. The highest BCUT2D eigenvalue weighted by molar-refractivity contribution is 7.26. The van der Waals surface area contributed by atoms with Gasteiger partial charge in [-0.2, -0.15) is 0 Å². The van der Waals surface area contributed by atoms with Gasteiger partial charge in [0.05, 0.1) is 22.2 Å². The molecule has 0 amide bonds. The highest BCUT2D eigenvalue weighted by Crippen LogP contribution is 2.48. The summed E-state index contributed by atoms with van der Waals surface area (Å²) in [7, 11) is 0. The van der Waals surface area contributed by atoms with Crippen LogP contribution in [-0.4, -0.2) is 20.9 Å². The molecule has 0 N–H and O–H groups in total. The maximum atomic E-state index is 5.29. The molecule has 0 atom stereocenters. The van der Waals surface area contributed by atoms with Crippen molar-refractivity contribution in [2.45, 2.75) is 20.8 Å². The third-order valence-electron chi connectivity index (χ3n) is 11.4. The fourth-order valence-electron chi connectivity index (χ4n) is 9.78. The Hall–Kier alpha value is -5.65. The minimum Gasteiger partial charge on any atom is -0.374 e. The topological polar surface area (TPSA) is 22.8 Å². The monoisotopic (exact) mass is 641 g/mol. The van der Waals surface area contributed by atoms with Crippen molar-refractivity contribution < 1.29 is 0 Å². The molecule has 6 heterocycles. The Labute approximate surface area is 286 Å². The van der Waals surface area contributed by atoms with Crippen LogP contribution in [0.5, 0.6) is 0 Å². The van der Waals surface area contributed by atoms with Gasteiger partial charge < -0.3 is 9.05 Å². The molecule has 0 bridgehead atoms. The molecule has 0 radical (unpaired) electrons. The van der Waals surface area contributed by atoms with Crippen LogP contribution < -0.4 is 10.9 Å². The summed E-state index contributed by atoms with van der Waals surface area (Å²) >= 11 is 1.90. The van der Waals surface area contributed by atoms with Crippen LogP contribution in [0.25, 0.3) is 91.9 Å². The largest absolute Gasteiger partial charge is 0.374 e. The van der Waals surface area contributed by atoms with E-state index in [1.165, 1.54) is 114 Å². The van der Waals surface area contributed by atoms with Crippen molar-refractivity contribution in [2.24, 2.45) is 0 Å². The predicted octanol–water partition coefficient (Wildman–Crippen LogP) is 10.2. The van der Waals surface area contributed by atoms with E-state index in [0.29, 0.717) is 0 Å². The molecule has 5 heteroatoms. The smallest absolute Gasteiger partial charge is 0.333 e. The summed E-state index contributed by atoms with van der Waals surface area (Å²) < 4.78 is 7.82. The molecular formula is C44H28BN3S. The van der Waals surface area contributed by atoms with Crippen molar-refractivity contribution in [1.82, 2.24) is 14.0 Å². The molecule has 2 aliphatic rings. The Morgan fingerprint density at radius 1 is 0.612 bits per heavy atom. The molecule has 12 rings (SSSR count). The molecule has 228 valence electrons. The summed E-state index contributed by atoms with van der Waals surface area (Å²) in [5.74, 6) is 0.